The number of carbonyl (C=O) groups is 1. The van der Waals surface area contributed by atoms with E-state index in [9.17, 15) is 4.79 Å². The van der Waals surface area contributed by atoms with Gasteiger partial charge in [-0.25, -0.2) is 0 Å². The zero-order chi connectivity index (χ0) is 16.5. The van der Waals surface area contributed by atoms with Gasteiger partial charge in [-0.15, -0.1) is 0 Å². The minimum absolute atomic E-state index is 0.0508. The van der Waals surface area contributed by atoms with E-state index in [4.69, 9.17) is 4.74 Å². The van der Waals surface area contributed by atoms with E-state index in [0.29, 0.717) is 13.2 Å². The van der Waals surface area contributed by atoms with Crippen LogP contribution in [0.4, 0.5) is 11.4 Å². The normalized spacial score (nSPS) is 20.1. The molecule has 1 aromatic heterocycles. The lowest BCUT2D eigenvalue weighted by Crippen LogP contribution is -2.51. The number of fused-ring (bicyclic) bond motifs is 1. The number of hydrogen-bond donors (Lipinski definition) is 0. The van der Waals surface area contributed by atoms with Crippen LogP contribution in [0.3, 0.4) is 0 Å². The summed E-state index contributed by atoms with van der Waals surface area (Å²) in [6, 6.07) is 10.1. The quantitative estimate of drug-likeness (QED) is 0.794. The fourth-order valence-electron chi connectivity index (χ4n) is 3.38. The van der Waals surface area contributed by atoms with Gasteiger partial charge in [0.2, 0.25) is 0 Å². The van der Waals surface area contributed by atoms with E-state index < -0.39 is 6.10 Å². The molecule has 4 rings (SSSR count). The summed E-state index contributed by atoms with van der Waals surface area (Å²) in [5, 5.41) is 0. The molecule has 1 aromatic carbocycles. The van der Waals surface area contributed by atoms with Gasteiger partial charge < -0.3 is 14.5 Å². The molecule has 124 valence electrons. The van der Waals surface area contributed by atoms with Crippen LogP contribution in [0.15, 0.2) is 47.2 Å². The molecule has 1 unspecified atom stereocenters. The number of rotatable bonds is 2. The van der Waals surface area contributed by atoms with Crippen molar-refractivity contribution in [1.29, 1.82) is 0 Å². The predicted molar refractivity (Wildman–Crippen MR) is 96.4 cm³/mol. The third-order valence-electron chi connectivity index (χ3n) is 4.59. The second-order valence-corrected chi connectivity index (χ2v) is 6.86. The number of nitrogens with zero attached hydrogens (tertiary/aromatic N) is 3. The molecule has 0 saturated carbocycles. The number of halogens is 1. The van der Waals surface area contributed by atoms with Gasteiger partial charge in [-0.2, -0.15) is 0 Å². The van der Waals surface area contributed by atoms with Crippen molar-refractivity contribution in [2.75, 3.05) is 36.0 Å². The van der Waals surface area contributed by atoms with Crippen molar-refractivity contribution in [3.63, 3.8) is 0 Å². The van der Waals surface area contributed by atoms with Crippen LogP contribution in [0, 0.1) is 0 Å². The maximum atomic E-state index is 13.0. The van der Waals surface area contributed by atoms with Gasteiger partial charge in [0.25, 0.3) is 5.91 Å². The van der Waals surface area contributed by atoms with Crippen LogP contribution in [-0.2, 0) is 16.0 Å². The van der Waals surface area contributed by atoms with Crippen molar-refractivity contribution in [1.82, 2.24) is 4.98 Å². The summed E-state index contributed by atoms with van der Waals surface area (Å²) >= 11 is 3.54. The molecule has 3 heterocycles. The molecule has 0 N–H and O–H groups in total. The van der Waals surface area contributed by atoms with E-state index in [2.05, 4.69) is 31.9 Å². The molecule has 0 radical (unpaired) electrons. The third kappa shape index (κ3) is 2.80. The van der Waals surface area contributed by atoms with Gasteiger partial charge in [0.05, 0.1) is 23.3 Å². The van der Waals surface area contributed by atoms with Crippen LogP contribution in [0.5, 0.6) is 0 Å². The molecule has 2 aliphatic rings. The van der Waals surface area contributed by atoms with Gasteiger partial charge in [0.1, 0.15) is 0 Å². The van der Waals surface area contributed by atoms with Gasteiger partial charge in [0, 0.05) is 31.2 Å². The first kappa shape index (κ1) is 15.6. The van der Waals surface area contributed by atoms with Gasteiger partial charge >= 0.3 is 0 Å². The van der Waals surface area contributed by atoms with E-state index in [1.54, 1.807) is 12.4 Å². The largest absolute Gasteiger partial charge is 0.365 e. The van der Waals surface area contributed by atoms with Crippen molar-refractivity contribution >= 4 is 33.2 Å². The van der Waals surface area contributed by atoms with Crippen LogP contribution in [0.1, 0.15) is 5.56 Å². The highest BCUT2D eigenvalue weighted by atomic mass is 79.9. The monoisotopic (exact) mass is 387 g/mol. The highest BCUT2D eigenvalue weighted by Gasteiger charge is 2.34. The smallest absolute Gasteiger partial charge is 0.257 e. The summed E-state index contributed by atoms with van der Waals surface area (Å²) in [5.74, 6) is 0.0508. The van der Waals surface area contributed by atoms with Crippen LogP contribution in [0.2, 0.25) is 0 Å². The number of hydrogen-bond acceptors (Lipinski definition) is 4. The molecule has 1 amide bonds. The van der Waals surface area contributed by atoms with Gasteiger partial charge in [-0.1, -0.05) is 18.2 Å². The molecular weight excluding hydrogens is 370 g/mol. The molecule has 2 aromatic rings. The Morgan fingerprint density at radius 2 is 2.08 bits per heavy atom. The fourth-order valence-corrected chi connectivity index (χ4v) is 3.88. The number of aromatic nitrogens is 1. The summed E-state index contributed by atoms with van der Waals surface area (Å²) in [4.78, 5) is 21.1. The molecule has 6 heteroatoms. The van der Waals surface area contributed by atoms with E-state index in [1.165, 1.54) is 5.56 Å². The Morgan fingerprint density at radius 1 is 1.21 bits per heavy atom. The summed E-state index contributed by atoms with van der Waals surface area (Å²) in [7, 11) is 0. The second-order valence-electron chi connectivity index (χ2n) is 6.00. The highest BCUT2D eigenvalue weighted by molar-refractivity contribution is 9.10. The van der Waals surface area contributed by atoms with E-state index in [-0.39, 0.29) is 5.91 Å². The van der Waals surface area contributed by atoms with Crippen molar-refractivity contribution in [3.05, 3.63) is 52.8 Å². The minimum atomic E-state index is -0.440. The number of carbonyl (C=O) groups excluding carboxylic acids is 1. The lowest BCUT2D eigenvalue weighted by molar-refractivity contribution is -0.130. The Bertz CT molecular complexity index is 767. The average molecular weight is 388 g/mol. The third-order valence-corrected chi connectivity index (χ3v) is 5.20. The standard InChI is InChI=1S/C18H18BrN3O2/c19-14-11-20-7-5-16(14)21-9-10-24-17(12-21)18(23)22-8-6-13-3-1-2-4-15(13)22/h1-5,7,11,17H,6,8-10,12H2. The molecule has 0 bridgehead atoms. The zero-order valence-corrected chi connectivity index (χ0v) is 14.8. The van der Waals surface area contributed by atoms with Gasteiger partial charge in [-0.05, 0) is 40.0 Å². The van der Waals surface area contributed by atoms with Crippen LogP contribution in [-0.4, -0.2) is 43.2 Å². The summed E-state index contributed by atoms with van der Waals surface area (Å²) in [6.45, 7) is 2.60. The first-order chi connectivity index (χ1) is 11.7. The zero-order valence-electron chi connectivity index (χ0n) is 13.2. The Morgan fingerprint density at radius 3 is 2.96 bits per heavy atom. The molecule has 5 nitrogen and oxygen atoms in total. The number of morpholine rings is 1. The van der Waals surface area contributed by atoms with Gasteiger partial charge in [0.15, 0.2) is 6.10 Å². The molecule has 0 spiro atoms. The molecule has 1 saturated heterocycles. The van der Waals surface area contributed by atoms with Gasteiger partial charge in [-0.3, -0.25) is 9.78 Å². The Kier molecular flexibility index (Phi) is 4.24. The summed E-state index contributed by atoms with van der Waals surface area (Å²) in [6.07, 6.45) is 4.01. The Labute approximate surface area is 149 Å². The molecule has 1 fully saturated rings. The molecule has 0 aliphatic carbocycles. The maximum Gasteiger partial charge on any atom is 0.257 e. The maximum absolute atomic E-state index is 13.0. The number of anilines is 2. The average Bonchev–Trinajstić information content (AvgIpc) is 3.06. The van der Waals surface area contributed by atoms with Crippen LogP contribution in [0.25, 0.3) is 0 Å². The van der Waals surface area contributed by atoms with Crippen molar-refractivity contribution in [2.45, 2.75) is 12.5 Å². The predicted octanol–water partition coefficient (Wildman–Crippen LogP) is 2.64. The summed E-state index contributed by atoms with van der Waals surface area (Å²) < 4.78 is 6.73. The Hall–Kier alpha value is -1.92. The first-order valence-corrected chi connectivity index (χ1v) is 8.88. The topological polar surface area (TPSA) is 45.7 Å². The highest BCUT2D eigenvalue weighted by Crippen LogP contribution is 2.30. The van der Waals surface area contributed by atoms with E-state index in [1.807, 2.05) is 29.2 Å². The minimum Gasteiger partial charge on any atom is -0.365 e. The lowest BCUT2D eigenvalue weighted by atomic mass is 10.1. The number of ether oxygens (including phenoxy) is 1. The van der Waals surface area contributed by atoms with Crippen molar-refractivity contribution in [3.8, 4) is 0 Å². The molecule has 2 aliphatic heterocycles. The lowest BCUT2D eigenvalue weighted by Gasteiger charge is -2.35. The van der Waals surface area contributed by atoms with Crippen molar-refractivity contribution < 1.29 is 9.53 Å². The molecular formula is C18H18BrN3O2. The number of para-hydroxylation sites is 1. The number of benzene rings is 1. The molecule has 1 atom stereocenters. The van der Waals surface area contributed by atoms with Crippen LogP contribution < -0.4 is 9.80 Å². The van der Waals surface area contributed by atoms with E-state index >= 15 is 0 Å². The first-order valence-electron chi connectivity index (χ1n) is 8.09. The van der Waals surface area contributed by atoms with E-state index in [0.717, 1.165) is 35.4 Å². The summed E-state index contributed by atoms with van der Waals surface area (Å²) in [5.41, 5.74) is 3.30. The fraction of sp³-hybridized carbons (Fsp3) is 0.333. The molecule has 24 heavy (non-hydrogen) atoms. The number of pyridine rings is 1. The number of amides is 1. The van der Waals surface area contributed by atoms with Crippen molar-refractivity contribution in [2.24, 2.45) is 0 Å². The second kappa shape index (κ2) is 6.53. The SMILES string of the molecule is O=C(C1CN(c2ccncc2Br)CCO1)N1CCc2ccccc21. The Balaban J connectivity index is 1.53. The van der Waals surface area contributed by atoms with Crippen LogP contribution >= 0.6 is 15.9 Å².